The molecule has 1 amide bonds. The van der Waals surface area contributed by atoms with Gasteiger partial charge in [0.15, 0.2) is 0 Å². The maximum atomic E-state index is 12.3. The number of non-ortho nitro benzene ring substituents is 1. The molecule has 182 valence electrons. The molecule has 0 heterocycles. The number of halogens is 1. The molecule has 0 spiro atoms. The van der Waals surface area contributed by atoms with Gasteiger partial charge in [-0.1, -0.05) is 23.7 Å². The van der Waals surface area contributed by atoms with Gasteiger partial charge in [-0.3, -0.25) is 19.2 Å². The molecular formula is C23H21ClN4O6S. The second-order valence-corrected chi connectivity index (χ2v) is 9.61. The van der Waals surface area contributed by atoms with Crippen molar-refractivity contribution in [3.8, 4) is 5.75 Å². The fraction of sp³-hybridized carbons (Fsp3) is 0.130. The Balaban J connectivity index is 1.53. The number of nitrogens with one attached hydrogen (secondary N) is 1. The molecule has 0 aliphatic heterocycles. The monoisotopic (exact) mass is 516 g/mol. The van der Waals surface area contributed by atoms with Crippen LogP contribution in [-0.4, -0.2) is 38.3 Å². The summed E-state index contributed by atoms with van der Waals surface area (Å²) in [5, 5.41) is 14.8. The van der Waals surface area contributed by atoms with Crippen molar-refractivity contribution in [2.45, 2.75) is 6.61 Å². The molecule has 0 radical (unpaired) electrons. The number of hydrogen-bond acceptors (Lipinski definition) is 7. The van der Waals surface area contributed by atoms with Gasteiger partial charge in [-0.2, -0.15) is 5.10 Å². The quantitative estimate of drug-likeness (QED) is 0.248. The largest absolute Gasteiger partial charge is 0.489 e. The molecule has 0 aliphatic rings. The summed E-state index contributed by atoms with van der Waals surface area (Å²) in [6.45, 7) is -0.251. The SMILES string of the molecule is CS(=O)(=O)N(CC(=O)N/N=C\c1ccc(OCc2ccc([N+](=O)[O-])cc2)cc1)c1ccccc1Cl. The number of hydrogen-bond donors (Lipinski definition) is 1. The van der Waals surface area contributed by atoms with E-state index < -0.39 is 27.4 Å². The Labute approximate surface area is 207 Å². The second-order valence-electron chi connectivity index (χ2n) is 7.30. The first-order valence-electron chi connectivity index (χ1n) is 10.1. The van der Waals surface area contributed by atoms with Gasteiger partial charge in [0, 0.05) is 12.1 Å². The molecule has 1 N–H and O–H groups in total. The van der Waals surface area contributed by atoms with Gasteiger partial charge >= 0.3 is 0 Å². The summed E-state index contributed by atoms with van der Waals surface area (Å²) in [5.41, 5.74) is 3.95. The fourth-order valence-corrected chi connectivity index (χ4v) is 4.07. The van der Waals surface area contributed by atoms with Gasteiger partial charge in [0.05, 0.1) is 28.1 Å². The Kier molecular flexibility index (Phi) is 8.39. The predicted molar refractivity (Wildman–Crippen MR) is 133 cm³/mol. The minimum Gasteiger partial charge on any atom is -0.489 e. The summed E-state index contributed by atoms with van der Waals surface area (Å²) in [4.78, 5) is 22.5. The number of hydrazone groups is 1. The Bertz CT molecular complexity index is 1330. The zero-order chi connectivity index (χ0) is 25.4. The van der Waals surface area contributed by atoms with Gasteiger partial charge < -0.3 is 4.74 Å². The van der Waals surface area contributed by atoms with Crippen molar-refractivity contribution in [3.63, 3.8) is 0 Å². The highest BCUT2D eigenvalue weighted by Crippen LogP contribution is 2.26. The lowest BCUT2D eigenvalue weighted by atomic mass is 10.2. The molecule has 35 heavy (non-hydrogen) atoms. The smallest absolute Gasteiger partial charge is 0.269 e. The molecule has 3 aromatic rings. The van der Waals surface area contributed by atoms with Crippen LogP contribution < -0.4 is 14.5 Å². The molecule has 0 atom stereocenters. The zero-order valence-electron chi connectivity index (χ0n) is 18.5. The molecule has 10 nitrogen and oxygen atoms in total. The first-order chi connectivity index (χ1) is 16.6. The van der Waals surface area contributed by atoms with Crippen LogP contribution in [0.3, 0.4) is 0 Å². The zero-order valence-corrected chi connectivity index (χ0v) is 20.1. The topological polar surface area (TPSA) is 131 Å². The maximum absolute atomic E-state index is 12.3. The van der Waals surface area contributed by atoms with Crippen LogP contribution in [0.25, 0.3) is 0 Å². The second kappa shape index (κ2) is 11.4. The van der Waals surface area contributed by atoms with Crippen LogP contribution in [0.4, 0.5) is 11.4 Å². The third-order valence-electron chi connectivity index (χ3n) is 4.64. The van der Waals surface area contributed by atoms with Crippen molar-refractivity contribution in [1.82, 2.24) is 5.43 Å². The molecule has 0 aromatic heterocycles. The lowest BCUT2D eigenvalue weighted by molar-refractivity contribution is -0.384. The average molecular weight is 517 g/mol. The normalized spacial score (nSPS) is 11.3. The summed E-state index contributed by atoms with van der Waals surface area (Å²) in [5.74, 6) is -0.0669. The molecule has 0 fully saturated rings. The summed E-state index contributed by atoms with van der Waals surface area (Å²) in [6, 6.07) is 19.2. The molecule has 3 rings (SSSR count). The molecule has 0 saturated carbocycles. The summed E-state index contributed by atoms with van der Waals surface area (Å²) in [7, 11) is -3.76. The first-order valence-corrected chi connectivity index (χ1v) is 12.4. The third kappa shape index (κ3) is 7.52. The van der Waals surface area contributed by atoms with Crippen LogP contribution in [0, 0.1) is 10.1 Å². The van der Waals surface area contributed by atoms with E-state index in [2.05, 4.69) is 10.5 Å². The van der Waals surface area contributed by atoms with Gasteiger partial charge in [0.1, 0.15) is 18.9 Å². The first kappa shape index (κ1) is 25.7. The van der Waals surface area contributed by atoms with E-state index in [9.17, 15) is 23.3 Å². The van der Waals surface area contributed by atoms with E-state index in [4.69, 9.17) is 16.3 Å². The van der Waals surface area contributed by atoms with E-state index in [-0.39, 0.29) is 23.0 Å². The Morgan fingerprint density at radius 2 is 1.77 bits per heavy atom. The molecule has 12 heteroatoms. The van der Waals surface area contributed by atoms with E-state index in [0.29, 0.717) is 11.3 Å². The minimum atomic E-state index is -3.76. The van der Waals surface area contributed by atoms with Crippen LogP contribution in [-0.2, 0) is 21.4 Å². The standard InChI is InChI=1S/C23H21ClN4O6S/c1-35(32,33)27(22-5-3-2-4-21(22)24)15-23(29)26-25-14-17-8-12-20(13-9-17)34-16-18-6-10-19(11-7-18)28(30)31/h2-14H,15-16H2,1H3,(H,26,29)/b25-14-. The lowest BCUT2D eigenvalue weighted by Crippen LogP contribution is -2.39. The van der Waals surface area contributed by atoms with Crippen molar-refractivity contribution < 1.29 is 22.9 Å². The Morgan fingerprint density at radius 1 is 1.11 bits per heavy atom. The van der Waals surface area contributed by atoms with Crippen molar-refractivity contribution in [2.24, 2.45) is 5.10 Å². The summed E-state index contributed by atoms with van der Waals surface area (Å²) < 4.78 is 30.8. The highest BCUT2D eigenvalue weighted by Gasteiger charge is 2.22. The number of nitrogens with zero attached hydrogens (tertiary/aromatic N) is 3. The van der Waals surface area contributed by atoms with E-state index in [1.54, 1.807) is 48.5 Å². The van der Waals surface area contributed by atoms with Gasteiger partial charge in [-0.15, -0.1) is 0 Å². The summed E-state index contributed by atoms with van der Waals surface area (Å²) in [6.07, 6.45) is 2.39. The van der Waals surface area contributed by atoms with Gasteiger partial charge in [-0.25, -0.2) is 13.8 Å². The van der Waals surface area contributed by atoms with Crippen molar-refractivity contribution in [2.75, 3.05) is 17.1 Å². The van der Waals surface area contributed by atoms with Gasteiger partial charge in [0.2, 0.25) is 10.0 Å². The highest BCUT2D eigenvalue weighted by atomic mass is 35.5. The number of nitro benzene ring substituents is 1. The summed E-state index contributed by atoms with van der Waals surface area (Å²) >= 11 is 6.08. The average Bonchev–Trinajstić information content (AvgIpc) is 2.82. The van der Waals surface area contributed by atoms with Crippen LogP contribution in [0.15, 0.2) is 77.9 Å². The van der Waals surface area contributed by atoms with Crippen molar-refractivity contribution in [1.29, 1.82) is 0 Å². The molecule has 0 aliphatic carbocycles. The predicted octanol–water partition coefficient (Wildman–Crippen LogP) is 3.74. The van der Waals surface area contributed by atoms with E-state index >= 15 is 0 Å². The maximum Gasteiger partial charge on any atom is 0.269 e. The fourth-order valence-electron chi connectivity index (χ4n) is 2.91. The molecular weight excluding hydrogens is 496 g/mol. The number of carbonyl (C=O) groups excluding carboxylic acids is 1. The Morgan fingerprint density at radius 3 is 2.37 bits per heavy atom. The number of sulfonamides is 1. The number of amides is 1. The number of ether oxygens (including phenoxy) is 1. The minimum absolute atomic E-state index is 0.0115. The number of anilines is 1. The number of nitro groups is 1. The number of rotatable bonds is 10. The van der Waals surface area contributed by atoms with Crippen molar-refractivity contribution in [3.05, 3.63) is 99.1 Å². The molecule has 3 aromatic carbocycles. The number of carbonyl (C=O) groups is 1. The Hall–Kier alpha value is -3.96. The number of para-hydroxylation sites is 1. The third-order valence-corrected chi connectivity index (χ3v) is 6.09. The van der Waals surface area contributed by atoms with Crippen LogP contribution >= 0.6 is 11.6 Å². The van der Waals surface area contributed by atoms with Crippen LogP contribution in [0.2, 0.25) is 5.02 Å². The van der Waals surface area contributed by atoms with E-state index in [0.717, 1.165) is 16.1 Å². The van der Waals surface area contributed by atoms with Gasteiger partial charge in [0.25, 0.3) is 11.6 Å². The van der Waals surface area contributed by atoms with Gasteiger partial charge in [-0.05, 0) is 59.7 Å². The van der Waals surface area contributed by atoms with Crippen molar-refractivity contribution >= 4 is 45.1 Å². The molecule has 0 unspecified atom stereocenters. The molecule has 0 bridgehead atoms. The molecule has 0 saturated heterocycles. The number of benzene rings is 3. The van der Waals surface area contributed by atoms with Crippen LogP contribution in [0.5, 0.6) is 5.75 Å². The lowest BCUT2D eigenvalue weighted by Gasteiger charge is -2.22. The highest BCUT2D eigenvalue weighted by molar-refractivity contribution is 7.92. The van der Waals surface area contributed by atoms with E-state index in [1.165, 1.54) is 30.5 Å². The van der Waals surface area contributed by atoms with E-state index in [1.807, 2.05) is 0 Å². The van der Waals surface area contributed by atoms with Crippen LogP contribution in [0.1, 0.15) is 11.1 Å².